The standard InChI is InChI=1S/C24H29N5O3S/c1-6-29-22(16-10-12-18(13-11-16)24(2,3)4)27-28-23(29)33-15-20(30)26-25-14-17-8-7-9-19(32-5)21(17)31/h7-14H,6,15H2,1-5H3,(H2,25,26,30,31)/p+1. The number of ether oxygens (including phenoxy) is 1. The summed E-state index contributed by atoms with van der Waals surface area (Å²) in [6.07, 6.45) is 1.38. The van der Waals surface area contributed by atoms with Crippen LogP contribution in [0.4, 0.5) is 0 Å². The zero-order valence-corrected chi connectivity index (χ0v) is 20.4. The van der Waals surface area contributed by atoms with Gasteiger partial charge in [-0.2, -0.15) is 5.10 Å². The molecule has 3 rings (SSSR count). The van der Waals surface area contributed by atoms with Crippen LogP contribution in [0.25, 0.3) is 11.4 Å². The summed E-state index contributed by atoms with van der Waals surface area (Å²) in [6.45, 7) is 9.32. The fourth-order valence-corrected chi connectivity index (χ4v) is 4.02. The molecule has 0 unspecified atom stereocenters. The second kappa shape index (κ2) is 10.5. The summed E-state index contributed by atoms with van der Waals surface area (Å²) in [5.41, 5.74) is 5.32. The molecule has 0 saturated carbocycles. The van der Waals surface area contributed by atoms with Crippen LogP contribution in [-0.4, -0.2) is 40.3 Å². The van der Waals surface area contributed by atoms with Gasteiger partial charge in [0.25, 0.3) is 11.7 Å². The number of benzene rings is 2. The van der Waals surface area contributed by atoms with Crippen molar-refractivity contribution in [1.82, 2.24) is 15.6 Å². The van der Waals surface area contributed by atoms with Crippen LogP contribution >= 0.6 is 11.8 Å². The topological polar surface area (TPSA) is 103 Å². The lowest BCUT2D eigenvalue weighted by molar-refractivity contribution is -0.719. The van der Waals surface area contributed by atoms with Crippen LogP contribution in [0.5, 0.6) is 11.5 Å². The van der Waals surface area contributed by atoms with Gasteiger partial charge >= 0.3 is 5.16 Å². The number of hydrogen-bond donors (Lipinski definition) is 3. The lowest BCUT2D eigenvalue weighted by Crippen LogP contribution is -2.36. The maximum absolute atomic E-state index is 12.2. The molecule has 1 heterocycles. The summed E-state index contributed by atoms with van der Waals surface area (Å²) in [5, 5.41) is 22.2. The molecule has 1 amide bonds. The number of nitrogens with one attached hydrogen (secondary N) is 2. The van der Waals surface area contributed by atoms with Crippen molar-refractivity contribution in [3.8, 4) is 22.9 Å². The summed E-state index contributed by atoms with van der Waals surface area (Å²) in [6, 6.07) is 13.5. The number of para-hydroxylation sites is 1. The molecule has 2 aromatic carbocycles. The van der Waals surface area contributed by atoms with E-state index in [4.69, 9.17) is 4.74 Å². The molecule has 0 atom stereocenters. The number of aromatic hydroxyl groups is 1. The first-order chi connectivity index (χ1) is 15.7. The molecule has 33 heavy (non-hydrogen) atoms. The zero-order chi connectivity index (χ0) is 24.0. The smallest absolute Gasteiger partial charge is 0.337 e. The molecule has 0 bridgehead atoms. The van der Waals surface area contributed by atoms with Crippen LogP contribution in [0.3, 0.4) is 0 Å². The molecule has 1 aromatic heterocycles. The van der Waals surface area contributed by atoms with E-state index in [-0.39, 0.29) is 22.8 Å². The Hall–Kier alpha value is -3.33. The van der Waals surface area contributed by atoms with Gasteiger partial charge in [-0.05, 0) is 53.9 Å². The molecular weight excluding hydrogens is 438 g/mol. The highest BCUT2D eigenvalue weighted by Crippen LogP contribution is 2.28. The van der Waals surface area contributed by atoms with Gasteiger partial charge in [-0.1, -0.05) is 39.0 Å². The lowest BCUT2D eigenvalue weighted by Gasteiger charge is -2.18. The number of H-pyrrole nitrogens is 1. The van der Waals surface area contributed by atoms with Crippen molar-refractivity contribution >= 4 is 23.9 Å². The Morgan fingerprint density at radius 1 is 1.27 bits per heavy atom. The Kier molecular flexibility index (Phi) is 7.75. The third-order valence-corrected chi connectivity index (χ3v) is 6.05. The predicted octanol–water partition coefficient (Wildman–Crippen LogP) is 3.64. The van der Waals surface area contributed by atoms with Crippen molar-refractivity contribution in [3.05, 3.63) is 53.6 Å². The minimum atomic E-state index is -0.277. The molecule has 0 fully saturated rings. The van der Waals surface area contributed by atoms with E-state index >= 15 is 0 Å². The van der Waals surface area contributed by atoms with Gasteiger partial charge in [0.05, 0.1) is 36.3 Å². The monoisotopic (exact) mass is 468 g/mol. The number of nitrogens with zero attached hydrogens (tertiary/aromatic N) is 3. The van der Waals surface area contributed by atoms with Gasteiger partial charge in [0.2, 0.25) is 0 Å². The number of amides is 1. The molecule has 0 aliphatic carbocycles. The number of methoxy groups -OCH3 is 1. The number of phenols is 1. The van der Waals surface area contributed by atoms with Gasteiger partial charge in [-0.25, -0.2) is 9.99 Å². The van der Waals surface area contributed by atoms with Gasteiger partial charge in [0, 0.05) is 5.56 Å². The first kappa shape index (κ1) is 24.3. The van der Waals surface area contributed by atoms with Crippen molar-refractivity contribution in [1.29, 1.82) is 0 Å². The van der Waals surface area contributed by atoms with Gasteiger partial charge in [0.1, 0.15) is 0 Å². The SMILES string of the molecule is CC[n+]1c(SCC(=O)NN=Cc2cccc(OC)c2O)n[nH]c1-c1ccc(C(C)(C)C)cc1. The quantitative estimate of drug-likeness (QED) is 0.203. The number of aromatic nitrogens is 3. The maximum atomic E-state index is 12.2. The minimum absolute atomic E-state index is 0.0315. The molecular formula is C24H30N5O3S+. The number of thioether (sulfide) groups is 1. The first-order valence-electron chi connectivity index (χ1n) is 10.6. The van der Waals surface area contributed by atoms with Crippen LogP contribution in [0.15, 0.2) is 52.7 Å². The summed E-state index contributed by atoms with van der Waals surface area (Å²) >= 11 is 1.32. The number of carbonyl (C=O) groups excluding carboxylic acids is 1. The van der Waals surface area contributed by atoms with Crippen molar-refractivity contribution in [3.63, 3.8) is 0 Å². The van der Waals surface area contributed by atoms with Gasteiger partial charge in [-0.15, -0.1) is 5.10 Å². The van der Waals surface area contributed by atoms with Crippen LogP contribution in [0.2, 0.25) is 0 Å². The zero-order valence-electron chi connectivity index (χ0n) is 19.5. The Bertz CT molecular complexity index is 1130. The number of rotatable bonds is 8. The molecule has 174 valence electrons. The Morgan fingerprint density at radius 2 is 2.00 bits per heavy atom. The van der Waals surface area contributed by atoms with E-state index in [2.05, 4.69) is 65.8 Å². The van der Waals surface area contributed by atoms with Crippen LogP contribution in [0, 0.1) is 0 Å². The molecule has 0 aliphatic rings. The third kappa shape index (κ3) is 5.92. The van der Waals surface area contributed by atoms with E-state index in [9.17, 15) is 9.90 Å². The first-order valence-corrected chi connectivity index (χ1v) is 11.6. The van der Waals surface area contributed by atoms with Crippen molar-refractivity contribution in [2.45, 2.75) is 44.8 Å². The second-order valence-corrected chi connectivity index (χ2v) is 9.35. The summed E-state index contributed by atoms with van der Waals surface area (Å²) in [5.74, 6) is 1.07. The van der Waals surface area contributed by atoms with E-state index < -0.39 is 0 Å². The highest BCUT2D eigenvalue weighted by Gasteiger charge is 2.22. The number of hydrogen-bond acceptors (Lipinski definition) is 6. The Labute approximate surface area is 198 Å². The van der Waals surface area contributed by atoms with E-state index in [0.29, 0.717) is 17.9 Å². The largest absolute Gasteiger partial charge is 0.504 e. The average Bonchev–Trinajstić information content (AvgIpc) is 3.21. The van der Waals surface area contributed by atoms with Crippen molar-refractivity contribution < 1.29 is 19.2 Å². The van der Waals surface area contributed by atoms with Gasteiger partial charge < -0.3 is 9.84 Å². The molecule has 0 spiro atoms. The van der Waals surface area contributed by atoms with E-state index in [1.165, 1.54) is 30.6 Å². The van der Waals surface area contributed by atoms with Gasteiger partial charge in [0.15, 0.2) is 11.5 Å². The molecule has 9 heteroatoms. The molecule has 3 aromatic rings. The number of aromatic amines is 1. The fraction of sp³-hybridized carbons (Fsp3) is 0.333. The van der Waals surface area contributed by atoms with Crippen LogP contribution in [0.1, 0.15) is 38.8 Å². The van der Waals surface area contributed by atoms with Crippen LogP contribution in [-0.2, 0) is 16.8 Å². The predicted molar refractivity (Wildman–Crippen MR) is 130 cm³/mol. The molecule has 0 aliphatic heterocycles. The Morgan fingerprint density at radius 3 is 2.64 bits per heavy atom. The average molecular weight is 469 g/mol. The van der Waals surface area contributed by atoms with Crippen LogP contribution < -0.4 is 14.7 Å². The minimum Gasteiger partial charge on any atom is -0.504 e. The van der Waals surface area contributed by atoms with Crippen molar-refractivity contribution in [2.75, 3.05) is 12.9 Å². The van der Waals surface area contributed by atoms with Gasteiger partial charge in [-0.3, -0.25) is 4.79 Å². The molecule has 3 N–H and O–H groups in total. The summed E-state index contributed by atoms with van der Waals surface area (Å²) in [7, 11) is 1.47. The summed E-state index contributed by atoms with van der Waals surface area (Å²) < 4.78 is 7.11. The molecule has 0 radical (unpaired) electrons. The number of phenolic OH excluding ortho intramolecular Hbond substituents is 1. The van der Waals surface area contributed by atoms with E-state index in [1.54, 1.807) is 18.2 Å². The number of carbonyl (C=O) groups is 1. The van der Waals surface area contributed by atoms with E-state index in [1.807, 2.05) is 11.5 Å². The fourth-order valence-electron chi connectivity index (χ4n) is 3.21. The highest BCUT2D eigenvalue weighted by atomic mass is 32.2. The summed E-state index contributed by atoms with van der Waals surface area (Å²) in [4.78, 5) is 12.2. The maximum Gasteiger partial charge on any atom is 0.337 e. The third-order valence-electron chi connectivity index (χ3n) is 5.07. The number of hydrazone groups is 1. The Balaban J connectivity index is 1.63. The highest BCUT2D eigenvalue weighted by molar-refractivity contribution is 7.99. The molecule has 8 nitrogen and oxygen atoms in total. The normalized spacial score (nSPS) is 11.7. The van der Waals surface area contributed by atoms with Crippen molar-refractivity contribution in [2.24, 2.45) is 5.10 Å². The second-order valence-electron chi connectivity index (χ2n) is 8.41. The molecule has 0 saturated heterocycles. The lowest BCUT2D eigenvalue weighted by atomic mass is 9.87. The van der Waals surface area contributed by atoms with E-state index in [0.717, 1.165) is 16.5 Å².